The molecular formula is C20H20N4OS. The number of rotatable bonds is 7. The summed E-state index contributed by atoms with van der Waals surface area (Å²) in [7, 11) is 1.65. The van der Waals surface area contributed by atoms with E-state index in [4.69, 9.17) is 10.00 Å². The van der Waals surface area contributed by atoms with E-state index in [9.17, 15) is 0 Å². The van der Waals surface area contributed by atoms with Gasteiger partial charge in [0, 0.05) is 23.4 Å². The van der Waals surface area contributed by atoms with Crippen molar-refractivity contribution in [3.8, 4) is 28.9 Å². The van der Waals surface area contributed by atoms with Gasteiger partial charge >= 0.3 is 0 Å². The third-order valence-electron chi connectivity index (χ3n) is 3.94. The average Bonchev–Trinajstić information content (AvgIpc) is 3.10. The molecule has 0 unspecified atom stereocenters. The van der Waals surface area contributed by atoms with E-state index in [2.05, 4.69) is 52.0 Å². The summed E-state index contributed by atoms with van der Waals surface area (Å²) in [5.41, 5.74) is 3.20. The highest BCUT2D eigenvalue weighted by atomic mass is 32.2. The number of thioether (sulfide) groups is 1. The van der Waals surface area contributed by atoms with Gasteiger partial charge in [0.2, 0.25) is 0 Å². The van der Waals surface area contributed by atoms with E-state index in [1.807, 2.05) is 24.3 Å². The highest BCUT2D eigenvalue weighted by Crippen LogP contribution is 2.29. The van der Waals surface area contributed by atoms with E-state index in [1.54, 1.807) is 18.9 Å². The van der Waals surface area contributed by atoms with Gasteiger partial charge in [0.15, 0.2) is 11.0 Å². The molecule has 0 amide bonds. The Morgan fingerprint density at radius 1 is 1.08 bits per heavy atom. The lowest BCUT2D eigenvalue weighted by atomic mass is 10.2. The minimum Gasteiger partial charge on any atom is -0.497 e. The Balaban J connectivity index is 1.99. The van der Waals surface area contributed by atoms with Gasteiger partial charge in [-0.05, 0) is 49.7 Å². The van der Waals surface area contributed by atoms with Crippen LogP contribution in [0.25, 0.3) is 17.1 Å². The van der Waals surface area contributed by atoms with Crippen molar-refractivity contribution < 1.29 is 4.74 Å². The zero-order chi connectivity index (χ0) is 18.4. The zero-order valence-corrected chi connectivity index (χ0v) is 15.7. The van der Waals surface area contributed by atoms with Crippen LogP contribution in [0.3, 0.4) is 0 Å². The van der Waals surface area contributed by atoms with E-state index in [-0.39, 0.29) is 0 Å². The average molecular weight is 364 g/mol. The molecule has 0 bridgehead atoms. The number of aromatic nitrogens is 3. The summed E-state index contributed by atoms with van der Waals surface area (Å²) in [5.74, 6) is 2.43. The molecule has 0 saturated carbocycles. The summed E-state index contributed by atoms with van der Waals surface area (Å²) in [6.45, 7) is 2.07. The summed E-state index contributed by atoms with van der Waals surface area (Å²) in [4.78, 5) is 0. The predicted molar refractivity (Wildman–Crippen MR) is 104 cm³/mol. The predicted octanol–water partition coefficient (Wildman–Crippen LogP) is 4.65. The van der Waals surface area contributed by atoms with Crippen molar-refractivity contribution >= 4 is 11.8 Å². The van der Waals surface area contributed by atoms with Crippen LogP contribution in [0.4, 0.5) is 0 Å². The van der Waals surface area contributed by atoms with Crippen LogP contribution in [0, 0.1) is 18.3 Å². The Labute approximate surface area is 157 Å². The third kappa shape index (κ3) is 4.06. The van der Waals surface area contributed by atoms with Crippen LogP contribution in [0.15, 0.2) is 53.7 Å². The molecule has 6 heteroatoms. The fourth-order valence-corrected chi connectivity index (χ4v) is 3.42. The standard InChI is InChI=1S/C20H20N4OS/c1-15-5-9-17(10-6-15)24-19(16-7-11-18(25-2)12-8-16)22-23-20(24)26-14-4-3-13-21/h5-12H,3-4,14H2,1-2H3. The van der Waals surface area contributed by atoms with Gasteiger partial charge in [-0.15, -0.1) is 10.2 Å². The smallest absolute Gasteiger partial charge is 0.196 e. The first kappa shape index (κ1) is 18.0. The van der Waals surface area contributed by atoms with Crippen molar-refractivity contribution in [3.63, 3.8) is 0 Å². The van der Waals surface area contributed by atoms with Crippen molar-refractivity contribution in [2.75, 3.05) is 12.9 Å². The summed E-state index contributed by atoms with van der Waals surface area (Å²) >= 11 is 1.62. The molecule has 0 aliphatic heterocycles. The molecular weight excluding hydrogens is 344 g/mol. The normalized spacial score (nSPS) is 10.5. The number of unbranched alkanes of at least 4 members (excludes halogenated alkanes) is 1. The summed E-state index contributed by atoms with van der Waals surface area (Å²) < 4.78 is 7.31. The van der Waals surface area contributed by atoms with Gasteiger partial charge in [0.05, 0.1) is 13.2 Å². The fourth-order valence-electron chi connectivity index (χ4n) is 2.53. The molecule has 0 saturated heterocycles. The maximum Gasteiger partial charge on any atom is 0.196 e. The van der Waals surface area contributed by atoms with Gasteiger partial charge in [-0.2, -0.15) is 5.26 Å². The minimum absolute atomic E-state index is 0.553. The van der Waals surface area contributed by atoms with Crippen LogP contribution in [0.1, 0.15) is 18.4 Å². The lowest BCUT2D eigenvalue weighted by molar-refractivity contribution is 0.415. The van der Waals surface area contributed by atoms with E-state index in [0.717, 1.165) is 40.2 Å². The monoisotopic (exact) mass is 364 g/mol. The van der Waals surface area contributed by atoms with E-state index >= 15 is 0 Å². The lowest BCUT2D eigenvalue weighted by Gasteiger charge is -2.11. The summed E-state index contributed by atoms with van der Waals surface area (Å²) in [6, 6.07) is 18.3. The highest BCUT2D eigenvalue weighted by molar-refractivity contribution is 7.99. The Hall–Kier alpha value is -2.78. The molecule has 5 nitrogen and oxygen atoms in total. The molecule has 0 radical (unpaired) electrons. The fraction of sp³-hybridized carbons (Fsp3) is 0.250. The molecule has 0 atom stereocenters. The second-order valence-electron chi connectivity index (χ2n) is 5.82. The second kappa shape index (κ2) is 8.54. The van der Waals surface area contributed by atoms with E-state index in [1.165, 1.54) is 5.56 Å². The minimum atomic E-state index is 0.553. The van der Waals surface area contributed by atoms with E-state index in [0.29, 0.717) is 6.42 Å². The molecule has 132 valence electrons. The van der Waals surface area contributed by atoms with Crippen molar-refractivity contribution in [2.24, 2.45) is 0 Å². The molecule has 0 aliphatic rings. The lowest BCUT2D eigenvalue weighted by Crippen LogP contribution is -2.00. The molecule has 0 aliphatic carbocycles. The highest BCUT2D eigenvalue weighted by Gasteiger charge is 2.16. The molecule has 0 N–H and O–H groups in total. The number of nitriles is 1. The molecule has 1 aromatic heterocycles. The number of hydrogen-bond acceptors (Lipinski definition) is 5. The Morgan fingerprint density at radius 2 is 1.81 bits per heavy atom. The van der Waals surface area contributed by atoms with E-state index < -0.39 is 0 Å². The quantitative estimate of drug-likeness (QED) is 0.451. The van der Waals surface area contributed by atoms with Crippen LogP contribution >= 0.6 is 11.8 Å². The van der Waals surface area contributed by atoms with Crippen LogP contribution in [-0.4, -0.2) is 27.6 Å². The molecule has 1 heterocycles. The Kier molecular flexibility index (Phi) is 5.92. The van der Waals surface area contributed by atoms with Crippen molar-refractivity contribution in [3.05, 3.63) is 54.1 Å². The van der Waals surface area contributed by atoms with Crippen molar-refractivity contribution in [1.82, 2.24) is 14.8 Å². The zero-order valence-electron chi connectivity index (χ0n) is 14.8. The van der Waals surface area contributed by atoms with Crippen molar-refractivity contribution in [1.29, 1.82) is 5.26 Å². The maximum absolute atomic E-state index is 8.71. The SMILES string of the molecule is COc1ccc(-c2nnc(SCCCC#N)n2-c2ccc(C)cc2)cc1. The molecule has 26 heavy (non-hydrogen) atoms. The van der Waals surface area contributed by atoms with Crippen LogP contribution in [0.2, 0.25) is 0 Å². The molecule has 0 fully saturated rings. The van der Waals surface area contributed by atoms with Crippen LogP contribution < -0.4 is 4.74 Å². The largest absolute Gasteiger partial charge is 0.497 e. The summed E-state index contributed by atoms with van der Waals surface area (Å²) in [5, 5.41) is 18.4. The first-order valence-electron chi connectivity index (χ1n) is 8.39. The van der Waals surface area contributed by atoms with Gasteiger partial charge in [-0.3, -0.25) is 4.57 Å². The van der Waals surface area contributed by atoms with Crippen molar-refractivity contribution in [2.45, 2.75) is 24.9 Å². The number of hydrogen-bond donors (Lipinski definition) is 0. The first-order valence-corrected chi connectivity index (χ1v) is 9.38. The summed E-state index contributed by atoms with van der Waals surface area (Å²) in [6.07, 6.45) is 1.39. The number of aryl methyl sites for hydroxylation is 1. The van der Waals surface area contributed by atoms with Gasteiger partial charge in [-0.25, -0.2) is 0 Å². The topological polar surface area (TPSA) is 63.7 Å². The Morgan fingerprint density at radius 3 is 2.46 bits per heavy atom. The van der Waals surface area contributed by atoms with Gasteiger partial charge in [-0.1, -0.05) is 29.5 Å². The van der Waals surface area contributed by atoms with Crippen LogP contribution in [-0.2, 0) is 0 Å². The first-order chi connectivity index (χ1) is 12.7. The van der Waals surface area contributed by atoms with Crippen LogP contribution in [0.5, 0.6) is 5.75 Å². The van der Waals surface area contributed by atoms with Gasteiger partial charge < -0.3 is 4.74 Å². The molecule has 3 rings (SSSR count). The Bertz CT molecular complexity index is 895. The molecule has 3 aromatic rings. The number of methoxy groups -OCH3 is 1. The molecule has 0 spiro atoms. The molecule has 2 aromatic carbocycles. The van der Waals surface area contributed by atoms with Gasteiger partial charge in [0.1, 0.15) is 5.75 Å². The number of benzene rings is 2. The third-order valence-corrected chi connectivity index (χ3v) is 4.95. The number of nitrogens with zero attached hydrogens (tertiary/aromatic N) is 4. The maximum atomic E-state index is 8.71. The number of ether oxygens (including phenoxy) is 1. The second-order valence-corrected chi connectivity index (χ2v) is 6.88. The van der Waals surface area contributed by atoms with Gasteiger partial charge in [0.25, 0.3) is 0 Å².